The maximum atomic E-state index is 5.98. The Balaban J connectivity index is 2.05. The van der Waals surface area contributed by atoms with Gasteiger partial charge in [-0.15, -0.1) is 11.7 Å². The van der Waals surface area contributed by atoms with Crippen molar-refractivity contribution >= 4 is 23.1 Å². The Bertz CT molecular complexity index is 978. The summed E-state index contributed by atoms with van der Waals surface area (Å²) in [6.07, 6.45) is 5.46. The first kappa shape index (κ1) is 19.5. The van der Waals surface area contributed by atoms with Crippen LogP contribution >= 0.6 is 0 Å². The molecular weight excluding hydrogens is 352 g/mol. The number of nitrogens with zero attached hydrogens (tertiary/aromatic N) is 6. The molecule has 0 N–H and O–H groups in total. The molecule has 0 saturated carbocycles. The van der Waals surface area contributed by atoms with E-state index in [1.54, 1.807) is 11.0 Å². The summed E-state index contributed by atoms with van der Waals surface area (Å²) in [6, 6.07) is 9.76. The highest BCUT2D eigenvalue weighted by Gasteiger charge is 2.16. The minimum absolute atomic E-state index is 0.528. The Hall–Kier alpha value is -3.22. The number of para-hydroxylation sites is 1. The molecule has 0 aliphatic heterocycles. The van der Waals surface area contributed by atoms with Gasteiger partial charge in [-0.25, -0.2) is 14.7 Å². The Morgan fingerprint density at radius 1 is 1.32 bits per heavy atom. The number of benzene rings is 1. The molecule has 0 aliphatic carbocycles. The number of allylic oxidation sites excluding steroid dienone is 1. The molecule has 0 radical (unpaired) electrons. The summed E-state index contributed by atoms with van der Waals surface area (Å²) in [6.45, 7) is 9.19. The third-order valence-corrected chi connectivity index (χ3v) is 4.40. The van der Waals surface area contributed by atoms with E-state index in [2.05, 4.69) is 33.8 Å². The molecule has 0 fully saturated rings. The fourth-order valence-electron chi connectivity index (χ4n) is 2.64. The van der Waals surface area contributed by atoms with Crippen molar-refractivity contribution in [1.82, 2.24) is 24.9 Å². The third kappa shape index (κ3) is 4.36. The van der Waals surface area contributed by atoms with E-state index in [0.717, 1.165) is 47.5 Å². The number of pyridine rings is 1. The normalized spacial score (nSPS) is 11.2. The van der Waals surface area contributed by atoms with Crippen molar-refractivity contribution in [1.29, 1.82) is 0 Å². The fraction of sp³-hybridized carbons (Fsp3) is 0.333. The van der Waals surface area contributed by atoms with Gasteiger partial charge in [0.25, 0.3) is 0 Å². The van der Waals surface area contributed by atoms with Crippen molar-refractivity contribution in [2.75, 3.05) is 20.2 Å². The van der Waals surface area contributed by atoms with Gasteiger partial charge in [-0.1, -0.05) is 23.4 Å². The number of aromatic nitrogens is 4. The van der Waals surface area contributed by atoms with Crippen molar-refractivity contribution in [3.63, 3.8) is 0 Å². The predicted octanol–water partition coefficient (Wildman–Crippen LogP) is 4.08. The molecule has 0 atom stereocenters. The van der Waals surface area contributed by atoms with Crippen LogP contribution in [0.3, 0.4) is 0 Å². The van der Waals surface area contributed by atoms with Crippen LogP contribution in [0.15, 0.2) is 48.0 Å². The Labute approximate surface area is 165 Å². The van der Waals surface area contributed by atoms with E-state index in [-0.39, 0.29) is 0 Å². The zero-order chi connectivity index (χ0) is 19.9. The monoisotopic (exact) mass is 378 g/mol. The molecule has 0 aliphatic rings. The van der Waals surface area contributed by atoms with Gasteiger partial charge in [0.2, 0.25) is 5.88 Å². The Morgan fingerprint density at radius 2 is 2.14 bits per heavy atom. The van der Waals surface area contributed by atoms with Crippen LogP contribution in [-0.4, -0.2) is 51.4 Å². The molecule has 146 valence electrons. The lowest BCUT2D eigenvalue weighted by Gasteiger charge is -2.14. The lowest BCUT2D eigenvalue weighted by molar-refractivity contribution is 0.298. The van der Waals surface area contributed by atoms with Gasteiger partial charge in [-0.2, -0.15) is 0 Å². The molecule has 0 bridgehead atoms. The quantitative estimate of drug-likeness (QED) is 0.243. The molecule has 0 amide bonds. The molecule has 3 aromatic rings. The van der Waals surface area contributed by atoms with Crippen LogP contribution < -0.4 is 4.74 Å². The van der Waals surface area contributed by atoms with E-state index in [0.29, 0.717) is 12.5 Å². The van der Waals surface area contributed by atoms with Crippen LogP contribution in [-0.2, 0) is 0 Å². The van der Waals surface area contributed by atoms with Gasteiger partial charge in [-0.05, 0) is 44.9 Å². The van der Waals surface area contributed by atoms with E-state index in [1.807, 2.05) is 55.3 Å². The Kier molecular flexibility index (Phi) is 6.37. The predicted molar refractivity (Wildman–Crippen MR) is 113 cm³/mol. The molecule has 0 spiro atoms. The third-order valence-electron chi connectivity index (χ3n) is 4.40. The smallest absolute Gasteiger partial charge is 0.240 e. The van der Waals surface area contributed by atoms with Gasteiger partial charge in [-0.3, -0.25) is 0 Å². The van der Waals surface area contributed by atoms with Gasteiger partial charge in [0.15, 0.2) is 0 Å². The summed E-state index contributed by atoms with van der Waals surface area (Å²) in [7, 11) is 1.98. The summed E-state index contributed by atoms with van der Waals surface area (Å²) in [5, 5.41) is 8.58. The van der Waals surface area contributed by atoms with Crippen molar-refractivity contribution in [3.8, 4) is 11.6 Å². The molecule has 3 rings (SSSR count). The highest BCUT2D eigenvalue weighted by Crippen LogP contribution is 2.30. The number of rotatable bonds is 9. The van der Waals surface area contributed by atoms with Crippen LogP contribution in [0.2, 0.25) is 0 Å². The summed E-state index contributed by atoms with van der Waals surface area (Å²) >= 11 is 0. The molecule has 28 heavy (non-hydrogen) atoms. The number of fused-ring (bicyclic) bond motifs is 1. The van der Waals surface area contributed by atoms with Gasteiger partial charge in [0.05, 0.1) is 29.8 Å². The van der Waals surface area contributed by atoms with Crippen LogP contribution in [0.25, 0.3) is 16.7 Å². The molecule has 7 nitrogen and oxygen atoms in total. The first-order valence-corrected chi connectivity index (χ1v) is 9.44. The average molecular weight is 378 g/mol. The first-order chi connectivity index (χ1) is 13.6. The van der Waals surface area contributed by atoms with Crippen molar-refractivity contribution in [3.05, 3.63) is 48.7 Å². The maximum absolute atomic E-state index is 5.98. The van der Waals surface area contributed by atoms with E-state index >= 15 is 0 Å². The lowest BCUT2D eigenvalue weighted by atomic mass is 10.2. The van der Waals surface area contributed by atoms with Crippen LogP contribution in [0, 0.1) is 6.92 Å². The molecular formula is C21H26N6O. The summed E-state index contributed by atoms with van der Waals surface area (Å²) in [5.41, 5.74) is 4.01. The average Bonchev–Trinajstić information content (AvgIpc) is 3.14. The topological polar surface area (TPSA) is 68.4 Å². The zero-order valence-electron chi connectivity index (χ0n) is 16.7. The van der Waals surface area contributed by atoms with E-state index < -0.39 is 0 Å². The van der Waals surface area contributed by atoms with Gasteiger partial charge >= 0.3 is 0 Å². The fourth-order valence-corrected chi connectivity index (χ4v) is 2.64. The van der Waals surface area contributed by atoms with Crippen LogP contribution in [0.5, 0.6) is 5.88 Å². The second-order valence-corrected chi connectivity index (χ2v) is 6.50. The number of hydrogen-bond donors (Lipinski definition) is 0. The number of aryl methyl sites for hydroxylation is 1. The molecule has 1 aromatic carbocycles. The molecule has 2 heterocycles. The zero-order valence-corrected chi connectivity index (χ0v) is 16.7. The van der Waals surface area contributed by atoms with Crippen molar-refractivity contribution in [2.45, 2.75) is 26.7 Å². The number of hydrogen-bond acceptors (Lipinski definition) is 5. The van der Waals surface area contributed by atoms with Crippen LogP contribution in [0.1, 0.15) is 25.5 Å². The molecule has 0 unspecified atom stereocenters. The SMILES string of the molecule is C=CCCCOc1nc(C)c(N=CN(C)CC)cc1-n1nnc2ccccc21. The van der Waals surface area contributed by atoms with E-state index in [1.165, 1.54) is 0 Å². The second-order valence-electron chi connectivity index (χ2n) is 6.50. The van der Waals surface area contributed by atoms with E-state index in [4.69, 9.17) is 4.74 Å². The van der Waals surface area contributed by atoms with Gasteiger partial charge < -0.3 is 9.64 Å². The van der Waals surface area contributed by atoms with Gasteiger partial charge in [0.1, 0.15) is 11.2 Å². The van der Waals surface area contributed by atoms with Crippen molar-refractivity contribution < 1.29 is 4.74 Å². The minimum Gasteiger partial charge on any atom is -0.476 e. The summed E-state index contributed by atoms with van der Waals surface area (Å²) in [5.74, 6) is 0.528. The molecule has 0 saturated heterocycles. The summed E-state index contributed by atoms with van der Waals surface area (Å²) in [4.78, 5) is 11.3. The number of unbranched alkanes of at least 4 members (excludes halogenated alkanes) is 1. The summed E-state index contributed by atoms with van der Waals surface area (Å²) < 4.78 is 7.74. The van der Waals surface area contributed by atoms with Crippen molar-refractivity contribution in [2.24, 2.45) is 4.99 Å². The maximum Gasteiger partial charge on any atom is 0.240 e. The number of ether oxygens (including phenoxy) is 1. The largest absolute Gasteiger partial charge is 0.476 e. The molecule has 7 heteroatoms. The first-order valence-electron chi connectivity index (χ1n) is 9.44. The Morgan fingerprint density at radius 3 is 2.93 bits per heavy atom. The number of aliphatic imine (C=N–C) groups is 1. The second kappa shape index (κ2) is 9.12. The van der Waals surface area contributed by atoms with Gasteiger partial charge in [0, 0.05) is 13.6 Å². The standard InChI is InChI=1S/C21H26N6O/c1-5-7-10-13-28-21-20(27-19-12-9-8-11-17(19)24-25-27)14-18(16(3)23-21)22-15-26(4)6-2/h5,8-9,11-12,14-15H,1,6-7,10,13H2,2-4H3. The highest BCUT2D eigenvalue weighted by molar-refractivity contribution is 5.77. The van der Waals surface area contributed by atoms with Crippen LogP contribution in [0.4, 0.5) is 5.69 Å². The molecule has 2 aromatic heterocycles. The lowest BCUT2D eigenvalue weighted by Crippen LogP contribution is -2.14. The van der Waals surface area contributed by atoms with E-state index in [9.17, 15) is 0 Å². The minimum atomic E-state index is 0.528. The highest BCUT2D eigenvalue weighted by atomic mass is 16.5.